The van der Waals surface area contributed by atoms with Crippen molar-refractivity contribution in [1.82, 2.24) is 20.3 Å². The van der Waals surface area contributed by atoms with Crippen LogP contribution in [-0.4, -0.2) is 80.2 Å². The number of ether oxygens (including phenoxy) is 2. The van der Waals surface area contributed by atoms with E-state index in [4.69, 9.17) is 9.47 Å². The molecule has 2 aromatic rings. The molecular formula is C33H48N4O8S. The number of nitrogens with one attached hydrogen (secondary N) is 3. The van der Waals surface area contributed by atoms with Gasteiger partial charge in [0.1, 0.15) is 6.04 Å². The summed E-state index contributed by atoms with van der Waals surface area (Å²) in [6.07, 6.45) is -1.13. The predicted octanol–water partition coefficient (Wildman–Crippen LogP) is 2.45. The molecule has 1 aliphatic heterocycles. The third-order valence-electron chi connectivity index (χ3n) is 7.41. The lowest BCUT2D eigenvalue weighted by Gasteiger charge is -2.34. The highest BCUT2D eigenvalue weighted by atomic mass is 32.2. The average Bonchev–Trinajstić information content (AvgIpc) is 3.45. The van der Waals surface area contributed by atoms with Crippen LogP contribution in [0.5, 0.6) is 11.5 Å². The summed E-state index contributed by atoms with van der Waals surface area (Å²) < 4.78 is 39.7. The Morgan fingerprint density at radius 3 is 2.17 bits per heavy atom. The highest BCUT2D eigenvalue weighted by Crippen LogP contribution is 2.35. The summed E-state index contributed by atoms with van der Waals surface area (Å²) >= 11 is 0. The second-order valence-electron chi connectivity index (χ2n) is 13.3. The third kappa shape index (κ3) is 10.2. The van der Waals surface area contributed by atoms with Crippen LogP contribution in [0.15, 0.2) is 53.4 Å². The highest BCUT2D eigenvalue weighted by Gasteiger charge is 2.37. The molecule has 1 heterocycles. The Balaban J connectivity index is 1.87. The number of nitrogens with zero attached hydrogens (tertiary/aromatic N) is 1. The number of amides is 3. The minimum absolute atomic E-state index is 0.00326. The number of rotatable bonds is 15. The maximum atomic E-state index is 13.9. The zero-order valence-electron chi connectivity index (χ0n) is 27.7. The van der Waals surface area contributed by atoms with Crippen molar-refractivity contribution >= 4 is 27.7 Å². The second kappa shape index (κ2) is 15.7. The van der Waals surface area contributed by atoms with E-state index in [0.29, 0.717) is 11.5 Å². The van der Waals surface area contributed by atoms with Gasteiger partial charge in [0.2, 0.25) is 34.5 Å². The van der Waals surface area contributed by atoms with Gasteiger partial charge in [-0.15, -0.1) is 0 Å². The van der Waals surface area contributed by atoms with Crippen LogP contribution in [0.1, 0.15) is 54.0 Å². The van der Waals surface area contributed by atoms with Crippen molar-refractivity contribution in [3.8, 4) is 11.5 Å². The standard InChI is InChI=1S/C33H48N4O8S/c1-21(2)18-37(46(42,43)24-13-14-27-28(16-24)45-20-44-27)19-26(38)25(15-23-11-9-8-10-12-23)35-32(41)30(33(5,6)7)36-29(39)17-34-31(40)22(3)4/h8-14,16,21-22,25-26,30,38H,15,17-20H2,1-7H3,(H,34,40)(H,35,41)(H,36,39)/t25-,26+,30+/m0/s1. The topological polar surface area (TPSA) is 163 Å². The Kier molecular flexibility index (Phi) is 12.6. The molecule has 0 unspecified atom stereocenters. The lowest BCUT2D eigenvalue weighted by molar-refractivity contribution is -0.133. The van der Waals surface area contributed by atoms with E-state index < -0.39 is 45.4 Å². The van der Waals surface area contributed by atoms with E-state index in [0.717, 1.165) is 5.56 Å². The van der Waals surface area contributed by atoms with Gasteiger partial charge in [0.25, 0.3) is 0 Å². The zero-order chi connectivity index (χ0) is 34.2. The Bertz CT molecular complexity index is 1460. The molecular weight excluding hydrogens is 612 g/mol. The van der Waals surface area contributed by atoms with Gasteiger partial charge in [-0.2, -0.15) is 4.31 Å². The van der Waals surface area contributed by atoms with Gasteiger partial charge in [0.15, 0.2) is 11.5 Å². The molecule has 13 heteroatoms. The number of hydrogen-bond donors (Lipinski definition) is 4. The fourth-order valence-corrected chi connectivity index (χ4v) is 6.51. The molecule has 12 nitrogen and oxygen atoms in total. The van der Waals surface area contributed by atoms with E-state index in [1.165, 1.54) is 22.5 Å². The minimum atomic E-state index is -4.09. The van der Waals surface area contributed by atoms with Gasteiger partial charge in [-0.1, -0.05) is 78.8 Å². The second-order valence-corrected chi connectivity index (χ2v) is 15.3. The number of benzene rings is 2. The lowest BCUT2D eigenvalue weighted by Crippen LogP contribution is -2.59. The summed E-state index contributed by atoms with van der Waals surface area (Å²) in [5, 5.41) is 19.8. The Morgan fingerprint density at radius 1 is 0.913 bits per heavy atom. The van der Waals surface area contributed by atoms with Gasteiger partial charge >= 0.3 is 0 Å². The summed E-state index contributed by atoms with van der Waals surface area (Å²) in [7, 11) is -4.09. The Labute approximate surface area is 272 Å². The fraction of sp³-hybridized carbons (Fsp3) is 0.545. The number of fused-ring (bicyclic) bond motifs is 1. The molecule has 0 spiro atoms. The normalized spacial score (nSPS) is 15.0. The zero-order valence-corrected chi connectivity index (χ0v) is 28.5. The molecule has 3 atom stereocenters. The first-order chi connectivity index (χ1) is 21.5. The largest absolute Gasteiger partial charge is 0.454 e. The van der Waals surface area contributed by atoms with Crippen LogP contribution in [0.2, 0.25) is 0 Å². The molecule has 0 radical (unpaired) electrons. The SMILES string of the molecule is CC(C)CN(C[C@@H](O)[C@H](Cc1ccccc1)NC(=O)[C@@H](NC(=O)CNC(=O)C(C)C)C(C)(C)C)S(=O)(=O)c1ccc2c(c1)OCO2. The maximum absolute atomic E-state index is 13.9. The molecule has 0 fully saturated rings. The minimum Gasteiger partial charge on any atom is -0.454 e. The molecule has 0 bridgehead atoms. The van der Waals surface area contributed by atoms with Gasteiger partial charge < -0.3 is 30.5 Å². The van der Waals surface area contributed by atoms with Gasteiger partial charge in [-0.3, -0.25) is 14.4 Å². The number of hydrogen-bond acceptors (Lipinski definition) is 8. The van der Waals surface area contributed by atoms with E-state index >= 15 is 0 Å². The average molecular weight is 661 g/mol. The van der Waals surface area contributed by atoms with Crippen LogP contribution in [-0.2, 0) is 30.8 Å². The predicted molar refractivity (Wildman–Crippen MR) is 173 cm³/mol. The van der Waals surface area contributed by atoms with Crippen molar-refractivity contribution < 1.29 is 37.4 Å². The van der Waals surface area contributed by atoms with Gasteiger partial charge in [-0.05, 0) is 35.4 Å². The van der Waals surface area contributed by atoms with E-state index in [1.54, 1.807) is 34.6 Å². The van der Waals surface area contributed by atoms with Crippen LogP contribution in [0.4, 0.5) is 0 Å². The molecule has 46 heavy (non-hydrogen) atoms. The number of sulfonamides is 1. The molecule has 0 aromatic heterocycles. The lowest BCUT2D eigenvalue weighted by atomic mass is 9.85. The summed E-state index contributed by atoms with van der Waals surface area (Å²) in [6, 6.07) is 11.6. The highest BCUT2D eigenvalue weighted by molar-refractivity contribution is 7.89. The molecule has 1 aliphatic rings. The van der Waals surface area contributed by atoms with E-state index in [-0.39, 0.29) is 55.5 Å². The summed E-state index contributed by atoms with van der Waals surface area (Å²) in [6.45, 7) is 12.0. The summed E-state index contributed by atoms with van der Waals surface area (Å²) in [4.78, 5) is 38.5. The fourth-order valence-electron chi connectivity index (χ4n) is 4.88. The van der Waals surface area contributed by atoms with E-state index in [1.807, 2.05) is 44.2 Å². The molecule has 3 amide bonds. The smallest absolute Gasteiger partial charge is 0.243 e. The molecule has 0 saturated heterocycles. The maximum Gasteiger partial charge on any atom is 0.243 e. The van der Waals surface area contributed by atoms with Crippen molar-refractivity contribution in [2.45, 2.75) is 78.0 Å². The van der Waals surface area contributed by atoms with Crippen LogP contribution < -0.4 is 25.4 Å². The van der Waals surface area contributed by atoms with Crippen LogP contribution in [0.25, 0.3) is 0 Å². The van der Waals surface area contributed by atoms with Gasteiger partial charge in [-0.25, -0.2) is 8.42 Å². The molecule has 0 aliphatic carbocycles. The molecule has 254 valence electrons. The first-order valence-electron chi connectivity index (χ1n) is 15.5. The molecule has 3 rings (SSSR count). The first-order valence-corrected chi connectivity index (χ1v) is 16.9. The van der Waals surface area contributed by atoms with E-state index in [9.17, 15) is 27.9 Å². The van der Waals surface area contributed by atoms with Crippen molar-refractivity contribution in [2.75, 3.05) is 26.4 Å². The van der Waals surface area contributed by atoms with Crippen molar-refractivity contribution in [3.63, 3.8) is 0 Å². The molecule has 2 aromatic carbocycles. The number of carbonyl (C=O) groups excluding carboxylic acids is 3. The molecule has 4 N–H and O–H groups in total. The van der Waals surface area contributed by atoms with Crippen LogP contribution >= 0.6 is 0 Å². The number of carbonyl (C=O) groups is 3. The third-order valence-corrected chi connectivity index (χ3v) is 9.24. The Hall–Kier alpha value is -3.68. The van der Waals surface area contributed by atoms with Gasteiger partial charge in [0.05, 0.1) is 23.6 Å². The van der Waals surface area contributed by atoms with Crippen molar-refractivity contribution in [1.29, 1.82) is 0 Å². The monoisotopic (exact) mass is 660 g/mol. The van der Waals surface area contributed by atoms with Crippen molar-refractivity contribution in [2.24, 2.45) is 17.3 Å². The van der Waals surface area contributed by atoms with Crippen LogP contribution in [0.3, 0.4) is 0 Å². The van der Waals surface area contributed by atoms with Crippen molar-refractivity contribution in [3.05, 3.63) is 54.1 Å². The Morgan fingerprint density at radius 2 is 1.57 bits per heavy atom. The summed E-state index contributed by atoms with van der Waals surface area (Å²) in [5.41, 5.74) is 0.0739. The molecule has 0 saturated carbocycles. The van der Waals surface area contributed by atoms with Crippen LogP contribution in [0, 0.1) is 17.3 Å². The number of aliphatic hydroxyl groups excluding tert-OH is 1. The first kappa shape index (κ1) is 36.8. The number of aliphatic hydroxyl groups is 1. The van der Waals surface area contributed by atoms with E-state index in [2.05, 4.69) is 16.0 Å². The quantitative estimate of drug-likeness (QED) is 0.226. The van der Waals surface area contributed by atoms with Gasteiger partial charge in [0, 0.05) is 25.1 Å². The summed E-state index contributed by atoms with van der Waals surface area (Å²) in [5.74, 6) is -0.997.